The zero-order valence-electron chi connectivity index (χ0n) is 29.6. The van der Waals surface area contributed by atoms with Crippen LogP contribution in [0.25, 0.3) is 16.7 Å². The summed E-state index contributed by atoms with van der Waals surface area (Å²) in [6.07, 6.45) is -0.777. The van der Waals surface area contributed by atoms with Gasteiger partial charge in [0.1, 0.15) is 0 Å². The van der Waals surface area contributed by atoms with E-state index >= 15 is 0 Å². The first-order valence-electron chi connectivity index (χ1n) is 15.6. The maximum atomic E-state index is 13.3. The number of hydrogen-bond acceptors (Lipinski definition) is 3. The second-order valence-electron chi connectivity index (χ2n) is 15.9. The molecule has 0 saturated heterocycles. The van der Waals surface area contributed by atoms with E-state index in [4.69, 9.17) is 0 Å². The fourth-order valence-corrected chi connectivity index (χ4v) is 4.70. The van der Waals surface area contributed by atoms with Crippen LogP contribution in [-0.4, -0.2) is 9.97 Å². The first kappa shape index (κ1) is 40.0. The summed E-state index contributed by atoms with van der Waals surface area (Å²) in [6, 6.07) is 17.0. The molecule has 4 nitrogen and oxygen atoms in total. The molecule has 47 heavy (non-hydrogen) atoms. The summed E-state index contributed by atoms with van der Waals surface area (Å²) in [4.78, 5) is 8.97. The largest absolute Gasteiger partial charge is 2.00 e. The van der Waals surface area contributed by atoms with Gasteiger partial charge in [-0.25, -0.2) is 0 Å². The molecule has 256 valence electrons. The van der Waals surface area contributed by atoms with Crippen LogP contribution in [0.2, 0.25) is 0 Å². The van der Waals surface area contributed by atoms with Gasteiger partial charge in [0.25, 0.3) is 0 Å². The quantitative estimate of drug-likeness (QED) is 0.197. The maximum absolute atomic E-state index is 13.3. The van der Waals surface area contributed by atoms with Crippen molar-refractivity contribution in [3.8, 4) is 17.1 Å². The Kier molecular flexibility index (Phi) is 12.3. The minimum absolute atomic E-state index is 0. The summed E-state index contributed by atoms with van der Waals surface area (Å²) in [7, 11) is 0. The van der Waals surface area contributed by atoms with Crippen molar-refractivity contribution >= 4 is 11.4 Å². The Balaban J connectivity index is 0.000000330. The molecule has 0 bridgehead atoms. The molecule has 2 heterocycles. The fourth-order valence-electron chi connectivity index (χ4n) is 4.70. The van der Waals surface area contributed by atoms with Crippen molar-refractivity contribution in [1.82, 2.24) is 9.97 Å². The standard InChI is InChI=1S/C21H25F3NO.C18H24N2.Pd/c1-19(2,3)13-11-15(20(4,5)6)18(26)17(12-13)25-16-10-8-7-9-14(16)21(22,23)24;1-17(2,3)13-7-9-19-15(11-13)16-12-14(8-10-20-16)18(4,5)6;/h7-12,26H,1-6H3;7-12H,1-6H3;/q-1;;+2/p-1. The van der Waals surface area contributed by atoms with Gasteiger partial charge in [-0.15, -0.1) is 17.1 Å². The van der Waals surface area contributed by atoms with E-state index in [0.717, 1.165) is 23.0 Å². The SMILES string of the molecule is CC(C)(C)c1cc([N-]c2ccccc2C(F)(F)F)c([O-])c(C(C)(C)C)c1.CC(C)(C)c1ccnc(-c2cc(C(C)(C)C)ccn2)c1.[Pd+2]. The van der Waals surface area contributed by atoms with E-state index in [9.17, 15) is 18.3 Å². The Bertz CT molecular complexity index is 1600. The van der Waals surface area contributed by atoms with Crippen molar-refractivity contribution in [2.75, 3.05) is 0 Å². The Morgan fingerprint density at radius 1 is 0.532 bits per heavy atom. The van der Waals surface area contributed by atoms with Gasteiger partial charge >= 0.3 is 26.6 Å². The van der Waals surface area contributed by atoms with Crippen molar-refractivity contribution < 1.29 is 38.7 Å². The Morgan fingerprint density at radius 2 is 0.979 bits per heavy atom. The summed E-state index contributed by atoms with van der Waals surface area (Å²) in [5.74, 6) is -0.331. The molecular weight excluding hydrogens is 690 g/mol. The van der Waals surface area contributed by atoms with Crippen LogP contribution < -0.4 is 5.11 Å². The molecule has 0 atom stereocenters. The van der Waals surface area contributed by atoms with Crippen LogP contribution in [0.1, 0.15) is 111 Å². The molecule has 2 aromatic heterocycles. The van der Waals surface area contributed by atoms with Crippen LogP contribution in [0, 0.1) is 0 Å². The number of benzene rings is 2. The van der Waals surface area contributed by atoms with Gasteiger partial charge in [0, 0.05) is 18.0 Å². The van der Waals surface area contributed by atoms with Gasteiger partial charge in [-0.1, -0.05) is 125 Å². The number of halogens is 3. The van der Waals surface area contributed by atoms with E-state index in [0.29, 0.717) is 5.56 Å². The molecule has 0 aliphatic carbocycles. The number of hydrogen-bond donors (Lipinski definition) is 0. The van der Waals surface area contributed by atoms with Crippen LogP contribution in [0.5, 0.6) is 5.75 Å². The van der Waals surface area contributed by atoms with Gasteiger partial charge in [-0.3, -0.25) is 9.97 Å². The molecule has 0 fully saturated rings. The smallest absolute Gasteiger partial charge is 0.873 e. The zero-order chi connectivity index (χ0) is 34.9. The molecule has 0 amide bonds. The van der Waals surface area contributed by atoms with E-state index in [2.05, 4.69) is 81.1 Å². The fraction of sp³-hybridized carbons (Fsp3) is 0.436. The van der Waals surface area contributed by atoms with Crippen LogP contribution >= 0.6 is 0 Å². The molecule has 0 radical (unpaired) electrons. The second-order valence-corrected chi connectivity index (χ2v) is 15.9. The van der Waals surface area contributed by atoms with Crippen molar-refractivity contribution in [2.24, 2.45) is 0 Å². The minimum Gasteiger partial charge on any atom is -0.873 e. The van der Waals surface area contributed by atoms with Gasteiger partial charge < -0.3 is 10.4 Å². The molecule has 2 aromatic carbocycles. The third-order valence-corrected chi connectivity index (χ3v) is 7.71. The molecule has 0 N–H and O–H groups in total. The van der Waals surface area contributed by atoms with E-state index in [1.54, 1.807) is 6.07 Å². The topological polar surface area (TPSA) is 62.9 Å². The molecular formula is C39H48F3N3OPd. The van der Waals surface area contributed by atoms with Crippen molar-refractivity contribution in [1.29, 1.82) is 0 Å². The molecule has 0 spiro atoms. The average Bonchev–Trinajstić information content (AvgIpc) is 2.92. The first-order chi connectivity index (χ1) is 20.9. The minimum atomic E-state index is -4.53. The summed E-state index contributed by atoms with van der Waals surface area (Å²) >= 11 is 0. The summed E-state index contributed by atoms with van der Waals surface area (Å²) in [5, 5.41) is 17.0. The summed E-state index contributed by atoms with van der Waals surface area (Å²) in [5.41, 5.74) is 4.37. The summed E-state index contributed by atoms with van der Waals surface area (Å²) in [6.45, 7) is 25.0. The molecule has 4 rings (SSSR count). The predicted octanol–water partition coefficient (Wildman–Crippen LogP) is 11.4. The third kappa shape index (κ3) is 10.6. The Morgan fingerprint density at radius 3 is 1.38 bits per heavy atom. The zero-order valence-corrected chi connectivity index (χ0v) is 31.2. The van der Waals surface area contributed by atoms with Crippen LogP contribution in [0.15, 0.2) is 73.1 Å². The van der Waals surface area contributed by atoms with Crippen molar-refractivity contribution in [3.05, 3.63) is 106 Å². The van der Waals surface area contributed by atoms with Gasteiger partial charge in [-0.05, 0) is 62.6 Å². The van der Waals surface area contributed by atoms with E-state index in [1.165, 1.54) is 29.3 Å². The van der Waals surface area contributed by atoms with Gasteiger partial charge in [0.2, 0.25) is 0 Å². The van der Waals surface area contributed by atoms with Gasteiger partial charge in [-0.2, -0.15) is 13.2 Å². The average molecular weight is 738 g/mol. The number of nitrogens with zero attached hydrogens (tertiary/aromatic N) is 3. The molecule has 8 heteroatoms. The molecule has 4 aromatic rings. The molecule has 0 unspecified atom stereocenters. The Labute approximate surface area is 293 Å². The van der Waals surface area contributed by atoms with Gasteiger partial charge in [0.15, 0.2) is 0 Å². The van der Waals surface area contributed by atoms with Crippen LogP contribution in [0.4, 0.5) is 24.5 Å². The van der Waals surface area contributed by atoms with E-state index in [1.807, 2.05) is 60.0 Å². The normalized spacial score (nSPS) is 12.5. The third-order valence-electron chi connectivity index (χ3n) is 7.71. The maximum Gasteiger partial charge on any atom is 2.00 e. The number of rotatable bonds is 3. The van der Waals surface area contributed by atoms with Crippen molar-refractivity contribution in [3.63, 3.8) is 0 Å². The number of alkyl halides is 3. The second kappa shape index (κ2) is 14.5. The van der Waals surface area contributed by atoms with Crippen LogP contribution in [-0.2, 0) is 48.3 Å². The predicted molar refractivity (Wildman–Crippen MR) is 182 cm³/mol. The monoisotopic (exact) mass is 737 g/mol. The number of para-hydroxylation sites is 1. The molecule has 0 aliphatic rings. The number of aromatic nitrogens is 2. The Hall–Kier alpha value is -3.21. The van der Waals surface area contributed by atoms with Crippen molar-refractivity contribution in [2.45, 2.75) is 111 Å². The van der Waals surface area contributed by atoms with Gasteiger partial charge in [0.05, 0.1) is 11.4 Å². The van der Waals surface area contributed by atoms with E-state index < -0.39 is 17.2 Å². The summed E-state index contributed by atoms with van der Waals surface area (Å²) < 4.78 is 39.8. The first-order valence-corrected chi connectivity index (χ1v) is 15.6. The van der Waals surface area contributed by atoms with E-state index in [-0.39, 0.29) is 53.8 Å². The van der Waals surface area contributed by atoms with Crippen LogP contribution in [0.3, 0.4) is 0 Å². The molecule has 0 saturated carbocycles. The molecule has 0 aliphatic heterocycles. The number of pyridine rings is 2.